The molecule has 0 saturated heterocycles. The number of phenolic OH excluding ortho intramolecular Hbond substituents is 1. The lowest BCUT2D eigenvalue weighted by molar-refractivity contribution is -0.133. The summed E-state index contributed by atoms with van der Waals surface area (Å²) in [7, 11) is 0. The molecule has 4 atom stereocenters. The van der Waals surface area contributed by atoms with Gasteiger partial charge in [-0.05, 0) is 47.4 Å². The highest BCUT2D eigenvalue weighted by Gasteiger charge is 2.30. The van der Waals surface area contributed by atoms with Crippen molar-refractivity contribution in [1.29, 1.82) is 0 Å². The molecule has 1 heterocycles. The number of carbonyl (C=O) groups is 4. The SMILES string of the molecule is CC(=O)NC(CC1CC=CC=I1)C(=O)NC(CCCN=C(N)N)C(=O)NC(Cc1ccc(O)cc1)C(N)=O. The number of amides is 4. The molecular formula is C25H36IN7O5. The van der Waals surface area contributed by atoms with E-state index in [9.17, 15) is 24.3 Å². The molecule has 38 heavy (non-hydrogen) atoms. The number of alkyl halides is 1. The Balaban J connectivity index is 2.16. The summed E-state index contributed by atoms with van der Waals surface area (Å²) in [5.41, 5.74) is 17.0. The third-order valence-corrected chi connectivity index (χ3v) is 8.52. The van der Waals surface area contributed by atoms with E-state index in [0.29, 0.717) is 18.4 Å². The predicted molar refractivity (Wildman–Crippen MR) is 155 cm³/mol. The van der Waals surface area contributed by atoms with Gasteiger partial charge in [-0.2, -0.15) is 0 Å². The van der Waals surface area contributed by atoms with E-state index in [1.54, 1.807) is 12.1 Å². The average Bonchev–Trinajstić information content (AvgIpc) is 2.86. The molecule has 4 unspecified atom stereocenters. The van der Waals surface area contributed by atoms with Crippen LogP contribution in [0, 0.1) is 0 Å². The highest BCUT2D eigenvalue weighted by molar-refractivity contribution is 14.2. The highest BCUT2D eigenvalue weighted by atomic mass is 127. The highest BCUT2D eigenvalue weighted by Crippen LogP contribution is 2.22. The second-order valence-corrected chi connectivity index (χ2v) is 12.0. The minimum absolute atomic E-state index is 0.0648. The van der Waals surface area contributed by atoms with Crippen molar-refractivity contribution in [3.05, 3.63) is 42.0 Å². The molecule has 10 N–H and O–H groups in total. The first-order valence-corrected chi connectivity index (χ1v) is 14.6. The number of guanidine groups is 1. The molecule has 0 spiro atoms. The number of phenols is 1. The molecule has 1 aromatic rings. The number of carbonyl (C=O) groups excluding carboxylic acids is 4. The van der Waals surface area contributed by atoms with Gasteiger partial charge < -0.3 is 38.3 Å². The van der Waals surface area contributed by atoms with Crippen LogP contribution in [0.1, 0.15) is 38.2 Å². The van der Waals surface area contributed by atoms with E-state index in [1.807, 2.05) is 12.2 Å². The Bertz CT molecular complexity index is 1070. The minimum Gasteiger partial charge on any atom is -0.508 e. The number of aromatic hydroxyl groups is 1. The average molecular weight is 642 g/mol. The molecule has 1 aliphatic rings. The van der Waals surface area contributed by atoms with E-state index in [1.165, 1.54) is 19.1 Å². The lowest BCUT2D eigenvalue weighted by Crippen LogP contribution is -2.57. The van der Waals surface area contributed by atoms with Crippen molar-refractivity contribution in [3.63, 3.8) is 0 Å². The first-order valence-electron chi connectivity index (χ1n) is 12.2. The van der Waals surface area contributed by atoms with E-state index < -0.39 is 35.8 Å². The number of benzene rings is 1. The third-order valence-electron chi connectivity index (χ3n) is 5.65. The lowest BCUT2D eigenvalue weighted by atomic mass is 10.0. The van der Waals surface area contributed by atoms with Gasteiger partial charge in [0.25, 0.3) is 0 Å². The molecule has 0 aromatic heterocycles. The van der Waals surface area contributed by atoms with Crippen molar-refractivity contribution < 1.29 is 24.3 Å². The van der Waals surface area contributed by atoms with Crippen LogP contribution < -0.4 is 33.2 Å². The van der Waals surface area contributed by atoms with Crippen molar-refractivity contribution in [1.82, 2.24) is 16.0 Å². The van der Waals surface area contributed by atoms with Crippen LogP contribution in [0.15, 0.2) is 41.4 Å². The van der Waals surface area contributed by atoms with Gasteiger partial charge in [0.2, 0.25) is 23.6 Å². The zero-order valence-electron chi connectivity index (χ0n) is 21.2. The molecule has 12 nitrogen and oxygen atoms in total. The number of nitrogens with zero attached hydrogens (tertiary/aromatic N) is 1. The van der Waals surface area contributed by atoms with Crippen molar-refractivity contribution in [3.8, 4) is 5.75 Å². The molecule has 208 valence electrons. The van der Waals surface area contributed by atoms with E-state index in [2.05, 4.69) is 25.0 Å². The number of primary amides is 1. The minimum atomic E-state index is -1.05. The largest absolute Gasteiger partial charge is 0.508 e. The molecule has 13 heteroatoms. The quantitative estimate of drug-likeness (QED) is 0.0462. The number of hydrogen-bond donors (Lipinski definition) is 7. The number of nitrogens with one attached hydrogen (secondary N) is 3. The Hall–Kier alpha value is -3.49. The molecule has 0 saturated carbocycles. The molecule has 1 aliphatic heterocycles. The number of nitrogens with two attached hydrogens (primary N) is 3. The molecular weight excluding hydrogens is 605 g/mol. The Kier molecular flexibility index (Phi) is 12.7. The molecule has 0 aliphatic carbocycles. The predicted octanol–water partition coefficient (Wildman–Crippen LogP) is -0.561. The monoisotopic (exact) mass is 641 g/mol. The number of rotatable bonds is 14. The fourth-order valence-electron chi connectivity index (χ4n) is 3.76. The molecule has 1 aromatic carbocycles. The Morgan fingerprint density at radius 1 is 1.03 bits per heavy atom. The van der Waals surface area contributed by atoms with Gasteiger partial charge in [0.15, 0.2) is 5.96 Å². The number of allylic oxidation sites excluding steroid dienone is 2. The van der Waals surface area contributed by atoms with Gasteiger partial charge in [0.1, 0.15) is 23.9 Å². The van der Waals surface area contributed by atoms with Crippen LogP contribution in [0.5, 0.6) is 5.75 Å². The fourth-order valence-corrected chi connectivity index (χ4v) is 6.27. The molecule has 0 fully saturated rings. The van der Waals surface area contributed by atoms with Crippen molar-refractivity contribution in [2.45, 2.75) is 61.1 Å². The van der Waals surface area contributed by atoms with Gasteiger partial charge in [-0.25, -0.2) is 0 Å². The maximum Gasteiger partial charge on any atom is 0.243 e. The van der Waals surface area contributed by atoms with Gasteiger partial charge in [-0.3, -0.25) is 24.2 Å². The molecule has 2 rings (SSSR count). The van der Waals surface area contributed by atoms with Crippen molar-refractivity contribution >= 4 is 54.3 Å². The summed E-state index contributed by atoms with van der Waals surface area (Å²) >= 11 is -0.263. The standard InChI is InChI=1S/C25H36IN7O5/c1-15(34)31-21(14-17-5-2-3-11-26-17)24(38)32-19(6-4-12-30-25(28)29)23(37)33-20(22(27)36)13-16-7-9-18(35)10-8-16/h2-3,7-11,17,19-21,35H,4-6,12-14H2,1H3,(H2,27,36)(H,31,34)(H,32,38)(H,33,37)(H4,28,29,30). The summed E-state index contributed by atoms with van der Waals surface area (Å²) in [5.74, 6) is -2.22. The van der Waals surface area contributed by atoms with Gasteiger partial charge in [0, 0.05) is 23.8 Å². The smallest absolute Gasteiger partial charge is 0.243 e. The second-order valence-electron chi connectivity index (χ2n) is 8.85. The van der Waals surface area contributed by atoms with Crippen molar-refractivity contribution in [2.24, 2.45) is 22.2 Å². The van der Waals surface area contributed by atoms with Gasteiger partial charge in [0.05, 0.1) is 0 Å². The number of halogens is 1. The first kappa shape index (κ1) is 30.7. The molecule has 0 radical (unpaired) electrons. The Morgan fingerprint density at radius 3 is 2.26 bits per heavy atom. The van der Waals surface area contributed by atoms with Crippen LogP contribution in [0.2, 0.25) is 0 Å². The van der Waals surface area contributed by atoms with Crippen LogP contribution in [0.4, 0.5) is 0 Å². The summed E-state index contributed by atoms with van der Waals surface area (Å²) in [6.07, 6.45) is 5.97. The van der Waals surface area contributed by atoms with Crippen LogP contribution in [0.3, 0.4) is 0 Å². The number of hydrogen-bond acceptors (Lipinski definition) is 6. The van der Waals surface area contributed by atoms with Crippen LogP contribution in [-0.4, -0.2) is 67.3 Å². The summed E-state index contributed by atoms with van der Waals surface area (Å²) in [6.45, 7) is 1.57. The fraction of sp³-hybridized carbons (Fsp3) is 0.440. The maximum atomic E-state index is 13.2. The maximum absolute atomic E-state index is 13.2. The van der Waals surface area contributed by atoms with E-state index in [4.69, 9.17) is 17.2 Å². The van der Waals surface area contributed by atoms with E-state index in [-0.39, 0.29) is 61.7 Å². The number of aliphatic imine (C=N–C) groups is 1. The molecule has 4 amide bonds. The van der Waals surface area contributed by atoms with Crippen LogP contribution in [0.25, 0.3) is 0 Å². The van der Waals surface area contributed by atoms with Crippen LogP contribution >= 0.6 is 20.7 Å². The Labute approximate surface area is 231 Å². The van der Waals surface area contributed by atoms with Gasteiger partial charge in [-0.15, -0.1) is 20.7 Å². The van der Waals surface area contributed by atoms with Crippen molar-refractivity contribution in [2.75, 3.05) is 6.54 Å². The summed E-state index contributed by atoms with van der Waals surface area (Å²) in [6, 6.07) is 3.27. The van der Waals surface area contributed by atoms with Crippen LogP contribution in [-0.2, 0) is 25.6 Å². The van der Waals surface area contributed by atoms with E-state index >= 15 is 0 Å². The van der Waals surface area contributed by atoms with Gasteiger partial charge >= 0.3 is 0 Å². The summed E-state index contributed by atoms with van der Waals surface area (Å²) in [5, 5.41) is 17.5. The first-order chi connectivity index (χ1) is 18.0. The van der Waals surface area contributed by atoms with Gasteiger partial charge in [-0.1, -0.05) is 24.3 Å². The summed E-state index contributed by atoms with van der Waals surface area (Å²) in [4.78, 5) is 54.3. The zero-order chi connectivity index (χ0) is 28.1. The topological polar surface area (TPSA) is 215 Å². The molecule has 0 bridgehead atoms. The van der Waals surface area contributed by atoms with E-state index in [0.717, 1.165) is 6.42 Å². The Morgan fingerprint density at radius 2 is 1.68 bits per heavy atom. The summed E-state index contributed by atoms with van der Waals surface area (Å²) < 4.78 is 2.40. The zero-order valence-corrected chi connectivity index (χ0v) is 23.4. The third kappa shape index (κ3) is 11.3. The second kappa shape index (κ2) is 15.7. The normalized spacial score (nSPS) is 16.7. The lowest BCUT2D eigenvalue weighted by Gasteiger charge is -2.26.